The summed E-state index contributed by atoms with van der Waals surface area (Å²) < 4.78 is 43.8. The van der Waals surface area contributed by atoms with Crippen molar-refractivity contribution in [2.75, 3.05) is 13.7 Å². The number of ether oxygens (including phenoxy) is 1. The Morgan fingerprint density at radius 2 is 2.19 bits per heavy atom. The minimum absolute atomic E-state index is 0.175. The van der Waals surface area contributed by atoms with Crippen LogP contribution in [0.25, 0.3) is 10.9 Å². The van der Waals surface area contributed by atoms with Crippen LogP contribution < -0.4 is 0 Å². The van der Waals surface area contributed by atoms with E-state index in [0.717, 1.165) is 21.5 Å². The van der Waals surface area contributed by atoms with Crippen molar-refractivity contribution < 1.29 is 27.5 Å². The lowest BCUT2D eigenvalue weighted by atomic mass is 9.91. The topological polar surface area (TPSA) is 75.3 Å². The van der Waals surface area contributed by atoms with E-state index >= 15 is 0 Å². The van der Waals surface area contributed by atoms with E-state index in [-0.39, 0.29) is 19.4 Å². The molecule has 0 aliphatic carbocycles. The number of carbonyl (C=O) groups is 2. The molecular weight excluding hydrogens is 363 g/mol. The van der Waals surface area contributed by atoms with Gasteiger partial charge in [-0.25, -0.2) is 0 Å². The Morgan fingerprint density at radius 3 is 2.81 bits per heavy atom. The molecule has 1 aromatic carbocycles. The van der Waals surface area contributed by atoms with Crippen LogP contribution in [0.2, 0.25) is 0 Å². The summed E-state index contributed by atoms with van der Waals surface area (Å²) in [4.78, 5) is 25.2. The summed E-state index contributed by atoms with van der Waals surface area (Å²) in [7, 11) is 1.19. The van der Waals surface area contributed by atoms with Crippen LogP contribution in [-0.4, -0.2) is 46.8 Å². The van der Waals surface area contributed by atoms with E-state index in [9.17, 15) is 22.8 Å². The van der Waals surface area contributed by atoms with Crippen LogP contribution in [-0.2, 0) is 33.7 Å². The van der Waals surface area contributed by atoms with Gasteiger partial charge in [-0.3, -0.25) is 14.7 Å². The van der Waals surface area contributed by atoms with Gasteiger partial charge in [0.15, 0.2) is 0 Å². The van der Waals surface area contributed by atoms with Crippen molar-refractivity contribution in [3.8, 4) is 0 Å². The number of aromatic nitrogens is 2. The minimum atomic E-state index is -4.53. The normalized spacial score (nSPS) is 17.7. The lowest BCUT2D eigenvalue weighted by Crippen LogP contribution is -2.41. The summed E-state index contributed by atoms with van der Waals surface area (Å²) in [5.41, 5.74) is 3.14. The summed E-state index contributed by atoms with van der Waals surface area (Å²) in [6, 6.07) is 1.89. The zero-order chi connectivity index (χ0) is 19.8. The van der Waals surface area contributed by atoms with Gasteiger partial charge in [0.1, 0.15) is 6.54 Å². The maximum absolute atomic E-state index is 13.0. The molecular formula is C18H20F3N3O3. The second-order valence-corrected chi connectivity index (χ2v) is 6.68. The van der Waals surface area contributed by atoms with Gasteiger partial charge in [0.25, 0.3) is 0 Å². The van der Waals surface area contributed by atoms with Crippen molar-refractivity contribution in [1.82, 2.24) is 15.1 Å². The SMILES string of the molecule is CCc1cc2c(c3cn[nH]c13)CN(CC(F)(F)F)C(=O)[C@H](CC(=O)OC)C2. The molecule has 3 rings (SSSR count). The number of benzene rings is 1. The first kappa shape index (κ1) is 19.2. The number of carbonyl (C=O) groups excluding carboxylic acids is 2. The van der Waals surface area contributed by atoms with Crippen LogP contribution in [0, 0.1) is 5.92 Å². The quantitative estimate of drug-likeness (QED) is 0.824. The largest absolute Gasteiger partial charge is 0.469 e. The summed E-state index contributed by atoms with van der Waals surface area (Å²) in [5.74, 6) is -2.21. The van der Waals surface area contributed by atoms with E-state index in [0.29, 0.717) is 17.4 Å². The average molecular weight is 383 g/mol. The fourth-order valence-corrected chi connectivity index (χ4v) is 3.62. The Balaban J connectivity index is 2.10. The van der Waals surface area contributed by atoms with Crippen LogP contribution in [0.4, 0.5) is 13.2 Å². The second kappa shape index (κ2) is 7.21. The number of aromatic amines is 1. The maximum atomic E-state index is 13.0. The third kappa shape index (κ3) is 3.91. The molecule has 1 N–H and O–H groups in total. The third-order valence-corrected chi connectivity index (χ3v) is 4.89. The van der Waals surface area contributed by atoms with Gasteiger partial charge in [0.2, 0.25) is 5.91 Å². The number of aryl methyl sites for hydroxylation is 1. The van der Waals surface area contributed by atoms with Gasteiger partial charge in [0, 0.05) is 11.9 Å². The van der Waals surface area contributed by atoms with Gasteiger partial charge in [-0.1, -0.05) is 13.0 Å². The average Bonchev–Trinajstić information content (AvgIpc) is 3.05. The van der Waals surface area contributed by atoms with E-state index in [1.165, 1.54) is 7.11 Å². The molecule has 0 saturated heterocycles. The molecule has 1 aliphatic rings. The number of fused-ring (bicyclic) bond motifs is 3. The third-order valence-electron chi connectivity index (χ3n) is 4.89. The number of hydrogen-bond donors (Lipinski definition) is 1. The van der Waals surface area contributed by atoms with Crippen molar-refractivity contribution in [1.29, 1.82) is 0 Å². The molecule has 1 aromatic heterocycles. The van der Waals surface area contributed by atoms with E-state index < -0.39 is 30.5 Å². The Morgan fingerprint density at radius 1 is 1.44 bits per heavy atom. The van der Waals surface area contributed by atoms with Crippen molar-refractivity contribution in [3.63, 3.8) is 0 Å². The smallest absolute Gasteiger partial charge is 0.406 e. The number of alkyl halides is 3. The van der Waals surface area contributed by atoms with Crippen molar-refractivity contribution in [2.24, 2.45) is 5.92 Å². The highest BCUT2D eigenvalue weighted by Gasteiger charge is 2.39. The number of hydrogen-bond acceptors (Lipinski definition) is 4. The fraction of sp³-hybridized carbons (Fsp3) is 0.500. The molecule has 1 atom stereocenters. The van der Waals surface area contributed by atoms with Crippen molar-refractivity contribution in [3.05, 3.63) is 29.0 Å². The van der Waals surface area contributed by atoms with Gasteiger partial charge >= 0.3 is 12.1 Å². The molecule has 1 aliphatic heterocycles. The monoisotopic (exact) mass is 383 g/mol. The van der Waals surface area contributed by atoms with Crippen molar-refractivity contribution >= 4 is 22.8 Å². The highest BCUT2D eigenvalue weighted by atomic mass is 19.4. The molecule has 0 saturated carbocycles. The molecule has 146 valence electrons. The van der Waals surface area contributed by atoms with Gasteiger partial charge in [-0.15, -0.1) is 0 Å². The molecule has 0 bridgehead atoms. The lowest BCUT2D eigenvalue weighted by Gasteiger charge is -2.25. The molecule has 2 heterocycles. The number of esters is 1. The molecule has 0 unspecified atom stereocenters. The second-order valence-electron chi connectivity index (χ2n) is 6.68. The van der Waals surface area contributed by atoms with Crippen LogP contribution in [0.15, 0.2) is 12.3 Å². The number of rotatable bonds is 4. The van der Waals surface area contributed by atoms with Gasteiger partial charge < -0.3 is 9.64 Å². The molecule has 6 nitrogen and oxygen atoms in total. The number of halogens is 3. The predicted molar refractivity (Wildman–Crippen MR) is 90.8 cm³/mol. The fourth-order valence-electron chi connectivity index (χ4n) is 3.62. The number of amides is 1. The van der Waals surface area contributed by atoms with Gasteiger partial charge in [0.05, 0.1) is 31.2 Å². The molecule has 0 fully saturated rings. The standard InChI is InChI=1S/C18H20F3N3O3/c1-3-10-4-11-5-12(6-15(25)27-2)17(26)24(9-18(19,20)21)8-14(11)13-7-22-23-16(10)13/h4,7,12H,3,5-6,8-9H2,1-2H3,(H,22,23)/t12-/m0/s1. The summed E-state index contributed by atoms with van der Waals surface area (Å²) in [6.07, 6.45) is -2.33. The van der Waals surface area contributed by atoms with E-state index in [2.05, 4.69) is 14.9 Å². The maximum Gasteiger partial charge on any atom is 0.406 e. The Bertz CT molecular complexity index is 876. The lowest BCUT2D eigenvalue weighted by molar-refractivity contribution is -0.165. The first-order chi connectivity index (χ1) is 12.7. The Labute approximate surface area is 153 Å². The predicted octanol–water partition coefficient (Wildman–Crippen LogP) is 2.75. The molecule has 27 heavy (non-hydrogen) atoms. The number of methoxy groups -OCH3 is 1. The highest BCUT2D eigenvalue weighted by Crippen LogP contribution is 2.33. The summed E-state index contributed by atoms with van der Waals surface area (Å²) in [5, 5.41) is 7.62. The van der Waals surface area contributed by atoms with Crippen LogP contribution in [0.1, 0.15) is 30.0 Å². The first-order valence-corrected chi connectivity index (χ1v) is 8.62. The Kier molecular flexibility index (Phi) is 5.12. The van der Waals surface area contributed by atoms with E-state index in [1.54, 1.807) is 6.20 Å². The zero-order valence-corrected chi connectivity index (χ0v) is 15.0. The number of nitrogens with zero attached hydrogens (tertiary/aromatic N) is 2. The van der Waals surface area contributed by atoms with Gasteiger partial charge in [-0.05, 0) is 29.5 Å². The first-order valence-electron chi connectivity index (χ1n) is 8.62. The highest BCUT2D eigenvalue weighted by molar-refractivity contribution is 5.89. The van der Waals surface area contributed by atoms with Crippen molar-refractivity contribution in [2.45, 2.75) is 38.9 Å². The van der Waals surface area contributed by atoms with Crippen LogP contribution in [0.3, 0.4) is 0 Å². The van der Waals surface area contributed by atoms with Crippen LogP contribution in [0.5, 0.6) is 0 Å². The van der Waals surface area contributed by atoms with Crippen LogP contribution >= 0.6 is 0 Å². The number of nitrogens with one attached hydrogen (secondary N) is 1. The molecule has 2 aromatic rings. The molecule has 0 radical (unpaired) electrons. The number of H-pyrrole nitrogens is 1. The zero-order valence-electron chi connectivity index (χ0n) is 15.0. The van der Waals surface area contributed by atoms with E-state index in [4.69, 9.17) is 0 Å². The molecule has 9 heteroatoms. The molecule has 1 amide bonds. The summed E-state index contributed by atoms with van der Waals surface area (Å²) >= 11 is 0. The minimum Gasteiger partial charge on any atom is -0.469 e. The molecule has 0 spiro atoms. The Hall–Kier alpha value is -2.58. The van der Waals surface area contributed by atoms with E-state index in [1.807, 2.05) is 13.0 Å². The van der Waals surface area contributed by atoms with Gasteiger partial charge in [-0.2, -0.15) is 18.3 Å². The summed E-state index contributed by atoms with van der Waals surface area (Å²) in [6.45, 7) is 0.426.